The Kier molecular flexibility index (Phi) is 5.42. The number of aromatic nitrogens is 3. The van der Waals surface area contributed by atoms with Gasteiger partial charge < -0.3 is 4.74 Å². The lowest BCUT2D eigenvalue weighted by Gasteiger charge is -2.05. The number of ether oxygens (including phenoxy) is 1. The average molecular weight is 331 g/mol. The fourth-order valence-corrected chi connectivity index (χ4v) is 2.13. The first-order valence-electron chi connectivity index (χ1n) is 7.18. The summed E-state index contributed by atoms with van der Waals surface area (Å²) in [5, 5.41) is 4.31. The number of nitrogens with zero attached hydrogens (tertiary/aromatic N) is 3. The van der Waals surface area contributed by atoms with Gasteiger partial charge in [0.15, 0.2) is 11.3 Å². The van der Waals surface area contributed by atoms with Crippen LogP contribution in [0.25, 0.3) is 11.0 Å². The molecule has 0 aliphatic carbocycles. The van der Waals surface area contributed by atoms with E-state index in [0.717, 1.165) is 18.3 Å². The fourth-order valence-electron chi connectivity index (χ4n) is 2.13. The zero-order chi connectivity index (χ0) is 17.7. The normalized spacial score (nSPS) is 12.3. The van der Waals surface area contributed by atoms with E-state index in [4.69, 9.17) is 11.2 Å². The van der Waals surface area contributed by atoms with E-state index in [-0.39, 0.29) is 35.5 Å². The second kappa shape index (κ2) is 7.51. The van der Waals surface area contributed by atoms with Crippen LogP contribution in [0.4, 0.5) is 8.78 Å². The van der Waals surface area contributed by atoms with Crippen molar-refractivity contribution in [3.05, 3.63) is 47.3 Å². The molecule has 5 nitrogen and oxygen atoms in total. The molecular formula is C17H15F2N3O2. The summed E-state index contributed by atoms with van der Waals surface area (Å²) in [7, 11) is 0. The van der Waals surface area contributed by atoms with Crippen LogP contribution in [0.3, 0.4) is 0 Å². The molecule has 0 atom stereocenters. The van der Waals surface area contributed by atoms with Crippen molar-refractivity contribution in [3.8, 4) is 12.3 Å². The first-order chi connectivity index (χ1) is 11.5. The molecule has 0 aliphatic heterocycles. The number of carbonyl (C=O) groups excluding carboxylic acids is 1. The minimum Gasteiger partial charge on any atom is -0.461 e. The van der Waals surface area contributed by atoms with Crippen LogP contribution < -0.4 is 0 Å². The predicted octanol–water partition coefficient (Wildman–Crippen LogP) is 3.18. The third-order valence-electron chi connectivity index (χ3n) is 3.21. The van der Waals surface area contributed by atoms with Crippen molar-refractivity contribution in [3.63, 3.8) is 0 Å². The molecule has 0 aromatic carbocycles. The van der Waals surface area contributed by atoms with Crippen LogP contribution in [0.2, 0.25) is 0 Å². The molecule has 0 spiro atoms. The number of hydrogen-bond donors (Lipinski definition) is 0. The molecule has 0 saturated carbocycles. The number of halogens is 2. The molecule has 0 amide bonds. The Hall–Kier alpha value is -3.01. The summed E-state index contributed by atoms with van der Waals surface area (Å²) in [4.78, 5) is 15.9. The SMILES string of the molecule is C#C/C=C(F)\C(=C/C)Cn1nc(C(=O)OCC)c2cc(F)cnc21. The topological polar surface area (TPSA) is 57.0 Å². The molecular weight excluding hydrogens is 316 g/mol. The molecule has 0 N–H and O–H groups in total. The molecule has 2 aromatic heterocycles. The van der Waals surface area contributed by atoms with Gasteiger partial charge in [-0.05, 0) is 19.9 Å². The van der Waals surface area contributed by atoms with Crippen molar-refractivity contribution in [2.45, 2.75) is 20.4 Å². The van der Waals surface area contributed by atoms with Crippen LogP contribution in [0, 0.1) is 18.2 Å². The minimum absolute atomic E-state index is 0.0188. The van der Waals surface area contributed by atoms with E-state index in [1.165, 1.54) is 10.8 Å². The van der Waals surface area contributed by atoms with Crippen LogP contribution in [0.15, 0.2) is 35.8 Å². The first kappa shape index (κ1) is 17.3. The van der Waals surface area contributed by atoms with Gasteiger partial charge in [-0.25, -0.2) is 23.2 Å². The van der Waals surface area contributed by atoms with E-state index in [2.05, 4.69) is 16.0 Å². The molecule has 2 aromatic rings. The standard InChI is InChI=1S/C17H15F2N3O2/c1-4-7-14(19)11(5-2)10-22-16-13(8-12(18)9-20-16)15(21-22)17(23)24-6-3/h1,5,7-9H,6,10H2,2-3H3/b11-5-,14-7+. The molecule has 0 bridgehead atoms. The molecule has 7 heteroatoms. The number of allylic oxidation sites excluding steroid dienone is 4. The molecule has 0 unspecified atom stereocenters. The highest BCUT2D eigenvalue weighted by Gasteiger charge is 2.21. The van der Waals surface area contributed by atoms with E-state index in [1.54, 1.807) is 13.8 Å². The Morgan fingerprint density at radius 3 is 2.92 bits per heavy atom. The van der Waals surface area contributed by atoms with Crippen LogP contribution in [-0.4, -0.2) is 27.3 Å². The van der Waals surface area contributed by atoms with Gasteiger partial charge in [-0.1, -0.05) is 12.0 Å². The third kappa shape index (κ3) is 3.49. The summed E-state index contributed by atoms with van der Waals surface area (Å²) < 4.78 is 33.6. The molecule has 0 fully saturated rings. The quantitative estimate of drug-likeness (QED) is 0.480. The number of pyridine rings is 1. The van der Waals surface area contributed by atoms with Crippen molar-refractivity contribution in [1.29, 1.82) is 0 Å². The predicted molar refractivity (Wildman–Crippen MR) is 85.2 cm³/mol. The van der Waals surface area contributed by atoms with Gasteiger partial charge in [0, 0.05) is 11.6 Å². The summed E-state index contributed by atoms with van der Waals surface area (Å²) in [6, 6.07) is 1.14. The van der Waals surface area contributed by atoms with E-state index < -0.39 is 17.6 Å². The maximum atomic E-state index is 13.9. The molecule has 0 radical (unpaired) electrons. The smallest absolute Gasteiger partial charge is 0.359 e. The molecule has 0 aliphatic rings. The van der Waals surface area contributed by atoms with Crippen molar-refractivity contribution in [2.75, 3.05) is 6.61 Å². The fraction of sp³-hybridized carbons (Fsp3) is 0.235. The van der Waals surface area contributed by atoms with Gasteiger partial charge in [0.2, 0.25) is 0 Å². The minimum atomic E-state index is -0.699. The lowest BCUT2D eigenvalue weighted by atomic mass is 10.2. The third-order valence-corrected chi connectivity index (χ3v) is 3.21. The highest BCUT2D eigenvalue weighted by atomic mass is 19.1. The van der Waals surface area contributed by atoms with E-state index in [9.17, 15) is 13.6 Å². The zero-order valence-corrected chi connectivity index (χ0v) is 13.2. The summed E-state index contributed by atoms with van der Waals surface area (Å²) in [5.41, 5.74) is 0.432. The Labute approximate surface area is 137 Å². The molecule has 124 valence electrons. The lowest BCUT2D eigenvalue weighted by molar-refractivity contribution is 0.0520. The maximum Gasteiger partial charge on any atom is 0.359 e. The largest absolute Gasteiger partial charge is 0.461 e. The maximum absolute atomic E-state index is 13.9. The average Bonchev–Trinajstić information content (AvgIpc) is 2.90. The number of esters is 1. The zero-order valence-electron chi connectivity index (χ0n) is 13.2. The highest BCUT2D eigenvalue weighted by Crippen LogP contribution is 2.21. The van der Waals surface area contributed by atoms with Crippen LogP contribution in [0.1, 0.15) is 24.3 Å². The van der Waals surface area contributed by atoms with E-state index in [1.807, 2.05) is 0 Å². The van der Waals surface area contributed by atoms with Gasteiger partial charge >= 0.3 is 5.97 Å². The van der Waals surface area contributed by atoms with Gasteiger partial charge in [-0.2, -0.15) is 5.10 Å². The van der Waals surface area contributed by atoms with Gasteiger partial charge in [0.25, 0.3) is 0 Å². The van der Waals surface area contributed by atoms with Crippen molar-refractivity contribution in [2.24, 2.45) is 0 Å². The highest BCUT2D eigenvalue weighted by molar-refractivity contribution is 6.01. The number of hydrogen-bond acceptors (Lipinski definition) is 4. The van der Waals surface area contributed by atoms with E-state index >= 15 is 0 Å². The summed E-state index contributed by atoms with van der Waals surface area (Å²) in [5.74, 6) is 0.200. The Morgan fingerprint density at radius 2 is 2.29 bits per heavy atom. The Morgan fingerprint density at radius 1 is 1.54 bits per heavy atom. The molecule has 0 saturated heterocycles. The first-order valence-corrected chi connectivity index (χ1v) is 7.18. The summed E-state index contributed by atoms with van der Waals surface area (Å²) in [6.07, 6.45) is 8.59. The number of terminal acetylenes is 1. The summed E-state index contributed by atoms with van der Waals surface area (Å²) in [6.45, 7) is 3.42. The number of rotatable bonds is 5. The molecule has 24 heavy (non-hydrogen) atoms. The van der Waals surface area contributed by atoms with E-state index in [0.29, 0.717) is 0 Å². The van der Waals surface area contributed by atoms with Gasteiger partial charge in [0.05, 0.1) is 24.7 Å². The van der Waals surface area contributed by atoms with Crippen molar-refractivity contribution < 1.29 is 18.3 Å². The Balaban J connectivity index is 2.53. The van der Waals surface area contributed by atoms with Crippen LogP contribution in [0.5, 0.6) is 0 Å². The monoisotopic (exact) mass is 331 g/mol. The molecule has 2 heterocycles. The van der Waals surface area contributed by atoms with Gasteiger partial charge in [-0.15, -0.1) is 6.42 Å². The molecule has 2 rings (SSSR count). The Bertz CT molecular complexity index is 876. The van der Waals surface area contributed by atoms with Crippen LogP contribution >= 0.6 is 0 Å². The van der Waals surface area contributed by atoms with Gasteiger partial charge in [-0.3, -0.25) is 0 Å². The summed E-state index contributed by atoms with van der Waals surface area (Å²) >= 11 is 0. The second-order valence-corrected chi connectivity index (χ2v) is 4.72. The lowest BCUT2D eigenvalue weighted by Crippen LogP contribution is -2.09. The number of carbonyl (C=O) groups is 1. The second-order valence-electron chi connectivity index (χ2n) is 4.72. The number of fused-ring (bicyclic) bond motifs is 1. The van der Waals surface area contributed by atoms with Gasteiger partial charge in [0.1, 0.15) is 11.6 Å². The van der Waals surface area contributed by atoms with Crippen molar-refractivity contribution >= 4 is 17.0 Å². The van der Waals surface area contributed by atoms with Crippen LogP contribution in [-0.2, 0) is 11.3 Å². The van der Waals surface area contributed by atoms with Crippen molar-refractivity contribution in [1.82, 2.24) is 14.8 Å².